The van der Waals surface area contributed by atoms with Crippen LogP contribution in [0.3, 0.4) is 0 Å². The Morgan fingerprint density at radius 2 is 1.86 bits per heavy atom. The fourth-order valence-corrected chi connectivity index (χ4v) is 4.50. The average molecular weight is 401 g/mol. The Kier molecular flexibility index (Phi) is 6.52. The molecule has 1 aliphatic rings. The minimum atomic E-state index is -3.71. The van der Waals surface area contributed by atoms with Gasteiger partial charge < -0.3 is 4.90 Å². The quantitative estimate of drug-likeness (QED) is 0.697. The average Bonchev–Trinajstić information content (AvgIpc) is 3.51. The van der Waals surface area contributed by atoms with E-state index in [-0.39, 0.29) is 17.3 Å². The van der Waals surface area contributed by atoms with Gasteiger partial charge in [0.25, 0.3) is 5.91 Å². The Morgan fingerprint density at radius 1 is 1.14 bits per heavy atom. The molecular weight excluding hydrogens is 372 g/mol. The van der Waals surface area contributed by atoms with Crippen molar-refractivity contribution in [3.63, 3.8) is 0 Å². The molecule has 1 amide bonds. The molecule has 0 heterocycles. The first-order valence-corrected chi connectivity index (χ1v) is 11.3. The fourth-order valence-electron chi connectivity index (χ4n) is 3.21. The van der Waals surface area contributed by atoms with Crippen molar-refractivity contribution in [2.45, 2.75) is 44.6 Å². The van der Waals surface area contributed by atoms with E-state index < -0.39 is 10.0 Å². The lowest BCUT2D eigenvalue weighted by Gasteiger charge is -2.22. The monoisotopic (exact) mass is 400 g/mol. The number of hydrogen-bond donors (Lipinski definition) is 1. The maximum atomic E-state index is 13.0. The van der Waals surface area contributed by atoms with Crippen LogP contribution in [0.1, 0.15) is 47.7 Å². The van der Waals surface area contributed by atoms with E-state index in [2.05, 4.69) is 4.72 Å². The van der Waals surface area contributed by atoms with E-state index in [1.807, 2.05) is 42.2 Å². The van der Waals surface area contributed by atoms with Crippen LogP contribution < -0.4 is 4.72 Å². The zero-order valence-electron chi connectivity index (χ0n) is 16.5. The molecule has 150 valence electrons. The van der Waals surface area contributed by atoms with Gasteiger partial charge in [0, 0.05) is 25.2 Å². The van der Waals surface area contributed by atoms with Crippen LogP contribution in [0.2, 0.25) is 0 Å². The second-order valence-electron chi connectivity index (χ2n) is 7.48. The molecule has 0 unspecified atom stereocenters. The number of rotatable bonds is 9. The van der Waals surface area contributed by atoms with Crippen LogP contribution in [0.15, 0.2) is 53.4 Å². The second-order valence-corrected chi connectivity index (χ2v) is 9.22. The number of carbonyl (C=O) groups excluding carboxylic acids is 1. The number of amides is 1. The van der Waals surface area contributed by atoms with Gasteiger partial charge in [-0.05, 0) is 55.4 Å². The van der Waals surface area contributed by atoms with Crippen LogP contribution in [0.25, 0.3) is 0 Å². The first kappa shape index (κ1) is 20.6. The lowest BCUT2D eigenvalue weighted by molar-refractivity contribution is 0.0747. The van der Waals surface area contributed by atoms with Crippen molar-refractivity contribution in [1.82, 2.24) is 9.62 Å². The van der Waals surface area contributed by atoms with E-state index in [4.69, 9.17) is 0 Å². The number of carbonyl (C=O) groups is 1. The summed E-state index contributed by atoms with van der Waals surface area (Å²) in [6, 6.07) is 14.3. The molecule has 28 heavy (non-hydrogen) atoms. The summed E-state index contributed by atoms with van der Waals surface area (Å²) >= 11 is 0. The number of aryl methyl sites for hydroxylation is 1. The molecule has 1 N–H and O–H groups in total. The second kappa shape index (κ2) is 8.88. The van der Waals surface area contributed by atoms with Gasteiger partial charge in [0.15, 0.2) is 0 Å². The zero-order valence-corrected chi connectivity index (χ0v) is 17.3. The number of hydrogen-bond acceptors (Lipinski definition) is 3. The predicted molar refractivity (Wildman–Crippen MR) is 111 cm³/mol. The number of benzene rings is 2. The van der Waals surface area contributed by atoms with E-state index in [9.17, 15) is 13.2 Å². The summed E-state index contributed by atoms with van der Waals surface area (Å²) in [4.78, 5) is 15.0. The van der Waals surface area contributed by atoms with Gasteiger partial charge in [-0.25, -0.2) is 13.1 Å². The van der Waals surface area contributed by atoms with Gasteiger partial charge in [0.1, 0.15) is 0 Å². The van der Waals surface area contributed by atoms with Crippen LogP contribution in [-0.4, -0.2) is 32.3 Å². The molecular formula is C22H28N2O3S. The summed E-state index contributed by atoms with van der Waals surface area (Å²) in [5, 5.41) is 0. The van der Waals surface area contributed by atoms with Crippen LogP contribution in [0, 0.1) is 12.8 Å². The molecule has 6 heteroatoms. The van der Waals surface area contributed by atoms with Crippen LogP contribution in [0.5, 0.6) is 0 Å². The molecule has 5 nitrogen and oxygen atoms in total. The van der Waals surface area contributed by atoms with E-state index >= 15 is 0 Å². The maximum absolute atomic E-state index is 13.0. The highest BCUT2D eigenvalue weighted by Crippen LogP contribution is 2.30. The third-order valence-electron chi connectivity index (χ3n) is 4.99. The van der Waals surface area contributed by atoms with Crippen molar-refractivity contribution in [3.05, 3.63) is 65.2 Å². The smallest absolute Gasteiger partial charge is 0.253 e. The molecule has 2 aromatic carbocycles. The van der Waals surface area contributed by atoms with Crippen molar-refractivity contribution in [3.8, 4) is 0 Å². The van der Waals surface area contributed by atoms with Crippen molar-refractivity contribution < 1.29 is 13.2 Å². The van der Waals surface area contributed by atoms with Gasteiger partial charge in [-0.15, -0.1) is 0 Å². The Balaban J connectivity index is 1.80. The van der Waals surface area contributed by atoms with Crippen molar-refractivity contribution >= 4 is 15.9 Å². The fraction of sp³-hybridized carbons (Fsp3) is 0.409. The third kappa shape index (κ3) is 5.20. The number of nitrogens with one attached hydrogen (secondary N) is 1. The van der Waals surface area contributed by atoms with Gasteiger partial charge in [-0.1, -0.05) is 43.3 Å². The summed E-state index contributed by atoms with van der Waals surface area (Å²) in [6.45, 7) is 5.46. The van der Waals surface area contributed by atoms with Crippen LogP contribution in [-0.2, 0) is 16.6 Å². The Morgan fingerprint density at radius 3 is 2.50 bits per heavy atom. The standard InChI is InChI=1S/C22H28N2O3S/c1-3-13-24(16-19-10-11-19)22(25)20-12-9-17(2)21(14-20)28(26,27)23-15-18-7-5-4-6-8-18/h4-9,12,14,19,23H,3,10-11,13,15-16H2,1-2H3. The highest BCUT2D eigenvalue weighted by Gasteiger charge is 2.27. The topological polar surface area (TPSA) is 66.5 Å². The molecule has 0 aromatic heterocycles. The van der Waals surface area contributed by atoms with Crippen molar-refractivity contribution in [1.29, 1.82) is 0 Å². The highest BCUT2D eigenvalue weighted by molar-refractivity contribution is 7.89. The summed E-state index contributed by atoms with van der Waals surface area (Å²) in [5.74, 6) is 0.505. The van der Waals surface area contributed by atoms with E-state index in [0.717, 1.165) is 18.5 Å². The molecule has 0 radical (unpaired) electrons. The Bertz CT molecular complexity index is 922. The first-order valence-electron chi connectivity index (χ1n) is 9.84. The zero-order chi connectivity index (χ0) is 20.1. The van der Waals surface area contributed by atoms with Gasteiger partial charge in [0.2, 0.25) is 10.0 Å². The Labute approximate surface area is 167 Å². The maximum Gasteiger partial charge on any atom is 0.253 e. The minimum Gasteiger partial charge on any atom is -0.338 e. The molecule has 0 aliphatic heterocycles. The first-order chi connectivity index (χ1) is 13.4. The molecule has 0 saturated heterocycles. The molecule has 3 rings (SSSR count). The van der Waals surface area contributed by atoms with Gasteiger partial charge in [0.05, 0.1) is 4.90 Å². The van der Waals surface area contributed by atoms with Crippen LogP contribution in [0.4, 0.5) is 0 Å². The lowest BCUT2D eigenvalue weighted by atomic mass is 10.1. The Hall–Kier alpha value is -2.18. The third-order valence-corrected chi connectivity index (χ3v) is 6.53. The molecule has 0 bridgehead atoms. The molecule has 2 aromatic rings. The molecule has 1 aliphatic carbocycles. The highest BCUT2D eigenvalue weighted by atomic mass is 32.2. The minimum absolute atomic E-state index is 0.0896. The summed E-state index contributed by atoms with van der Waals surface area (Å²) in [6.07, 6.45) is 3.23. The number of nitrogens with zero attached hydrogens (tertiary/aromatic N) is 1. The molecule has 0 spiro atoms. The largest absolute Gasteiger partial charge is 0.338 e. The SMILES string of the molecule is CCCN(CC1CC1)C(=O)c1ccc(C)c(S(=O)(=O)NCc2ccccc2)c1. The van der Waals surface area contributed by atoms with Gasteiger partial charge in [-0.2, -0.15) is 0 Å². The van der Waals surface area contributed by atoms with E-state index in [1.165, 1.54) is 18.9 Å². The summed E-state index contributed by atoms with van der Waals surface area (Å²) in [7, 11) is -3.71. The van der Waals surface area contributed by atoms with Gasteiger partial charge >= 0.3 is 0 Å². The van der Waals surface area contributed by atoms with Crippen molar-refractivity contribution in [2.75, 3.05) is 13.1 Å². The number of sulfonamides is 1. The normalized spacial score (nSPS) is 14.1. The van der Waals surface area contributed by atoms with E-state index in [1.54, 1.807) is 19.1 Å². The van der Waals surface area contributed by atoms with Crippen molar-refractivity contribution in [2.24, 2.45) is 5.92 Å². The molecule has 1 fully saturated rings. The molecule has 0 atom stereocenters. The van der Waals surface area contributed by atoms with Gasteiger partial charge in [-0.3, -0.25) is 4.79 Å². The molecule has 1 saturated carbocycles. The lowest BCUT2D eigenvalue weighted by Crippen LogP contribution is -2.34. The van der Waals surface area contributed by atoms with Crippen LogP contribution >= 0.6 is 0 Å². The predicted octanol–water partition coefficient (Wildman–Crippen LogP) is 3.74. The summed E-state index contributed by atoms with van der Waals surface area (Å²) in [5.41, 5.74) is 1.94. The van der Waals surface area contributed by atoms with E-state index in [0.29, 0.717) is 23.6 Å². The summed E-state index contributed by atoms with van der Waals surface area (Å²) < 4.78 is 28.3.